The first kappa shape index (κ1) is 25.0. The lowest BCUT2D eigenvalue weighted by Gasteiger charge is -2.45. The van der Waals surface area contributed by atoms with E-state index in [1.807, 2.05) is 30.0 Å². The van der Waals surface area contributed by atoms with Gasteiger partial charge < -0.3 is 15.5 Å². The Bertz CT molecular complexity index is 1160. The van der Waals surface area contributed by atoms with Gasteiger partial charge in [-0.25, -0.2) is 9.97 Å². The number of aromatic nitrogens is 2. The van der Waals surface area contributed by atoms with E-state index < -0.39 is 10.6 Å². The molecule has 1 saturated carbocycles. The number of fused-ring (bicyclic) bond motifs is 1. The van der Waals surface area contributed by atoms with E-state index in [1.165, 1.54) is 0 Å². The maximum atomic E-state index is 13.2. The second-order valence-electron chi connectivity index (χ2n) is 10.5. The summed E-state index contributed by atoms with van der Waals surface area (Å²) < 4.78 is 19.8. The van der Waals surface area contributed by atoms with Crippen LogP contribution in [0.2, 0.25) is 0 Å². The second-order valence-corrected chi connectivity index (χ2v) is 12.9. The quantitative estimate of drug-likeness (QED) is 0.468. The summed E-state index contributed by atoms with van der Waals surface area (Å²) in [5.41, 5.74) is 3.08. The number of amides is 2. The van der Waals surface area contributed by atoms with E-state index in [-0.39, 0.29) is 35.9 Å². The second kappa shape index (κ2) is 9.64. The van der Waals surface area contributed by atoms with Crippen LogP contribution >= 0.6 is 10.6 Å². The van der Waals surface area contributed by atoms with E-state index in [0.717, 1.165) is 29.8 Å². The van der Waals surface area contributed by atoms with Gasteiger partial charge >= 0.3 is 0 Å². The van der Waals surface area contributed by atoms with Crippen LogP contribution < -0.4 is 15.5 Å². The number of hydrogen-bond donors (Lipinski definition) is 4. The van der Waals surface area contributed by atoms with Crippen molar-refractivity contribution >= 4 is 34.0 Å². The summed E-state index contributed by atoms with van der Waals surface area (Å²) in [4.78, 5) is 36.9. The first-order valence-electron chi connectivity index (χ1n) is 12.7. The molecule has 10 heteroatoms. The summed E-state index contributed by atoms with van der Waals surface area (Å²) in [5.74, 6) is 1.51. The molecule has 2 amide bonds. The van der Waals surface area contributed by atoms with Crippen molar-refractivity contribution in [2.75, 3.05) is 21.7 Å². The number of hydrogen-bond acceptors (Lipinski definition) is 7. The van der Waals surface area contributed by atoms with E-state index in [9.17, 15) is 18.7 Å². The van der Waals surface area contributed by atoms with Gasteiger partial charge in [-0.05, 0) is 68.4 Å². The van der Waals surface area contributed by atoms with Gasteiger partial charge in [-0.1, -0.05) is 6.92 Å². The van der Waals surface area contributed by atoms with Crippen LogP contribution in [0.15, 0.2) is 30.5 Å². The molecule has 1 aliphatic carbocycles. The highest BCUT2D eigenvalue weighted by atomic mass is 32.3. The minimum atomic E-state index is -2.50. The summed E-state index contributed by atoms with van der Waals surface area (Å²) in [6.07, 6.45) is 5.03. The van der Waals surface area contributed by atoms with Crippen molar-refractivity contribution < 1.29 is 18.7 Å². The predicted molar refractivity (Wildman–Crippen MR) is 141 cm³/mol. The molecular formula is C26H35N5O4S. The molecule has 1 aromatic carbocycles. The summed E-state index contributed by atoms with van der Waals surface area (Å²) in [5, 5.41) is 6.57. The van der Waals surface area contributed by atoms with Gasteiger partial charge in [-0.2, -0.15) is 10.6 Å². The van der Waals surface area contributed by atoms with Crippen LogP contribution in [-0.2, 0) is 4.79 Å². The Balaban J connectivity index is 1.47. The summed E-state index contributed by atoms with van der Waals surface area (Å²) in [6, 6.07) is 7.20. The standard InChI is InChI=1S/C26H35N5O4S/c1-15-8-11-27-26(28-15)30-23-16(2)24(18-4-5-18)31(17(3)32)22-7-6-19(14-21(22)23)25(33)29-20-9-12-36(34,35)13-10-20/h6-8,11,14,16,18,20,23-24,34-35H,4-5,9-10,12-13H2,1-3H3,(H,29,33)(H,27,28,30)/t16-,23-,24-/m1/s1. The number of aryl methyl sites for hydroxylation is 1. The van der Waals surface area contributed by atoms with Crippen molar-refractivity contribution in [2.45, 2.75) is 64.6 Å². The highest BCUT2D eigenvalue weighted by Crippen LogP contribution is 2.50. The highest BCUT2D eigenvalue weighted by molar-refractivity contribution is 8.24. The Labute approximate surface area is 213 Å². The van der Waals surface area contributed by atoms with Gasteiger partial charge in [-0.3, -0.25) is 18.7 Å². The third-order valence-electron chi connectivity index (χ3n) is 7.69. The molecule has 1 aromatic heterocycles. The highest BCUT2D eigenvalue weighted by Gasteiger charge is 2.47. The zero-order chi connectivity index (χ0) is 25.6. The lowest BCUT2D eigenvalue weighted by molar-refractivity contribution is -0.117. The molecule has 9 nitrogen and oxygen atoms in total. The molecule has 194 valence electrons. The zero-order valence-corrected chi connectivity index (χ0v) is 21.8. The number of carbonyl (C=O) groups excluding carboxylic acids is 2. The molecule has 0 bridgehead atoms. The molecule has 1 saturated heterocycles. The van der Waals surface area contributed by atoms with Crippen molar-refractivity contribution in [3.05, 3.63) is 47.3 Å². The van der Waals surface area contributed by atoms with Gasteiger partial charge in [0.2, 0.25) is 11.9 Å². The number of rotatable bonds is 5. The van der Waals surface area contributed by atoms with Crippen LogP contribution in [-0.4, -0.2) is 54.5 Å². The largest absolute Gasteiger partial charge is 0.349 e. The minimum absolute atomic E-state index is 0.00338. The monoisotopic (exact) mass is 513 g/mol. The van der Waals surface area contributed by atoms with Crippen molar-refractivity contribution in [3.8, 4) is 0 Å². The molecule has 3 heterocycles. The molecule has 4 N–H and O–H groups in total. The van der Waals surface area contributed by atoms with Gasteiger partial charge in [0.25, 0.3) is 5.91 Å². The molecule has 2 fully saturated rings. The SMILES string of the molecule is CC(=O)N1c2ccc(C(=O)NC3CCS(O)(O)CC3)cc2[C@H](Nc2nccc(C)n2)[C@@H](C)[C@@H]1C1CC1. The fourth-order valence-electron chi connectivity index (χ4n) is 5.69. The van der Waals surface area contributed by atoms with Crippen LogP contribution in [0.5, 0.6) is 0 Å². The van der Waals surface area contributed by atoms with Crippen LogP contribution in [0.3, 0.4) is 0 Å². The molecule has 5 rings (SSSR count). The summed E-state index contributed by atoms with van der Waals surface area (Å²) >= 11 is 0. The molecule has 3 aliphatic rings. The van der Waals surface area contributed by atoms with Gasteiger partial charge in [0.1, 0.15) is 0 Å². The lowest BCUT2D eigenvalue weighted by atomic mass is 9.79. The number of anilines is 2. The molecule has 0 spiro atoms. The maximum absolute atomic E-state index is 13.2. The molecule has 2 aliphatic heterocycles. The van der Waals surface area contributed by atoms with E-state index >= 15 is 0 Å². The van der Waals surface area contributed by atoms with Crippen molar-refractivity contribution in [1.29, 1.82) is 0 Å². The van der Waals surface area contributed by atoms with Crippen LogP contribution in [0.25, 0.3) is 0 Å². The third kappa shape index (κ3) is 5.07. The van der Waals surface area contributed by atoms with Crippen molar-refractivity contribution in [2.24, 2.45) is 11.8 Å². The van der Waals surface area contributed by atoms with Gasteiger partial charge in [0.15, 0.2) is 0 Å². The van der Waals surface area contributed by atoms with Crippen LogP contribution in [0, 0.1) is 18.8 Å². The molecule has 2 aromatic rings. The van der Waals surface area contributed by atoms with Gasteiger partial charge in [-0.15, -0.1) is 0 Å². The maximum Gasteiger partial charge on any atom is 0.251 e. The lowest BCUT2D eigenvalue weighted by Crippen LogP contribution is -2.51. The topological polar surface area (TPSA) is 128 Å². The minimum Gasteiger partial charge on any atom is -0.349 e. The van der Waals surface area contributed by atoms with Gasteiger partial charge in [0, 0.05) is 59.6 Å². The molecule has 36 heavy (non-hydrogen) atoms. The number of nitrogens with zero attached hydrogens (tertiary/aromatic N) is 3. The molecule has 0 radical (unpaired) electrons. The smallest absolute Gasteiger partial charge is 0.251 e. The predicted octanol–water partition coefficient (Wildman–Crippen LogP) is 4.36. The Morgan fingerprint density at radius 2 is 1.83 bits per heavy atom. The first-order valence-corrected chi connectivity index (χ1v) is 14.6. The fraction of sp³-hybridized carbons (Fsp3) is 0.538. The average Bonchev–Trinajstić information content (AvgIpc) is 3.66. The number of carbonyl (C=O) groups is 2. The Morgan fingerprint density at radius 3 is 2.47 bits per heavy atom. The van der Waals surface area contributed by atoms with Crippen molar-refractivity contribution in [3.63, 3.8) is 0 Å². The third-order valence-corrected chi connectivity index (χ3v) is 9.47. The molecule has 3 atom stereocenters. The number of nitrogens with one attached hydrogen (secondary N) is 2. The first-order chi connectivity index (χ1) is 17.1. The van der Waals surface area contributed by atoms with Crippen molar-refractivity contribution in [1.82, 2.24) is 15.3 Å². The Kier molecular flexibility index (Phi) is 6.69. The zero-order valence-electron chi connectivity index (χ0n) is 21.0. The van der Waals surface area contributed by atoms with Crippen LogP contribution in [0.4, 0.5) is 11.6 Å². The number of benzene rings is 1. The van der Waals surface area contributed by atoms with E-state index in [4.69, 9.17) is 0 Å². The average molecular weight is 514 g/mol. The fourth-order valence-corrected chi connectivity index (χ4v) is 7.21. The molecular weight excluding hydrogens is 478 g/mol. The molecule has 0 unspecified atom stereocenters. The Morgan fingerprint density at radius 1 is 1.11 bits per heavy atom. The summed E-state index contributed by atoms with van der Waals surface area (Å²) in [6.45, 7) is 5.68. The van der Waals surface area contributed by atoms with Gasteiger partial charge in [0.05, 0.1) is 6.04 Å². The normalized spacial score (nSPS) is 26.6. The van der Waals surface area contributed by atoms with E-state index in [1.54, 1.807) is 19.2 Å². The van der Waals surface area contributed by atoms with E-state index in [2.05, 4.69) is 27.5 Å². The Hall–Kier alpha value is -2.69. The van der Waals surface area contributed by atoms with Crippen LogP contribution in [0.1, 0.15) is 67.2 Å². The summed E-state index contributed by atoms with van der Waals surface area (Å²) in [7, 11) is -2.50. The van der Waals surface area contributed by atoms with E-state index in [0.29, 0.717) is 41.8 Å².